The Hall–Kier alpha value is -1.40. The second-order valence-corrected chi connectivity index (χ2v) is 7.29. The van der Waals surface area contributed by atoms with E-state index < -0.39 is 12.1 Å². The van der Waals surface area contributed by atoms with E-state index in [1.54, 1.807) is 0 Å². The van der Waals surface area contributed by atoms with E-state index in [0.717, 1.165) is 12.2 Å². The minimum Gasteiger partial charge on any atom is -0.488 e. The quantitative estimate of drug-likeness (QED) is 0.831. The smallest absolute Gasteiger partial charge is 0.223 e. The topological polar surface area (TPSA) is 57.2 Å². The van der Waals surface area contributed by atoms with E-state index in [-0.39, 0.29) is 6.10 Å². The first-order valence-corrected chi connectivity index (χ1v) is 9.14. The predicted molar refractivity (Wildman–Crippen MR) is 92.0 cm³/mol. The van der Waals surface area contributed by atoms with Crippen LogP contribution in [0, 0.1) is 17.8 Å². The fraction of sp³-hybridized carbons (Fsp3) is 0.600. The highest BCUT2D eigenvalue weighted by atomic mass is 16.8. The second-order valence-electron chi connectivity index (χ2n) is 7.29. The minimum atomic E-state index is -0.828. The average molecular weight is 346 g/mol. The fourth-order valence-electron chi connectivity index (χ4n) is 4.31. The largest absolute Gasteiger partial charge is 0.488 e. The van der Waals surface area contributed by atoms with Crippen LogP contribution < -0.4 is 4.74 Å². The molecular weight excluding hydrogens is 320 g/mol. The zero-order chi connectivity index (χ0) is 17.3. The van der Waals surface area contributed by atoms with Gasteiger partial charge < -0.3 is 24.1 Å². The monoisotopic (exact) mass is 346 g/mol. The van der Waals surface area contributed by atoms with Crippen LogP contribution in [0.25, 0.3) is 0 Å². The molecule has 25 heavy (non-hydrogen) atoms. The highest BCUT2D eigenvalue weighted by Crippen LogP contribution is 2.46. The van der Waals surface area contributed by atoms with Gasteiger partial charge in [0.05, 0.1) is 19.3 Å². The number of allylic oxidation sites excluding steroid dienone is 1. The molecule has 0 radical (unpaired) electrons. The molecule has 5 nitrogen and oxygen atoms in total. The molecule has 2 aliphatic heterocycles. The Morgan fingerprint density at radius 3 is 2.72 bits per heavy atom. The lowest BCUT2D eigenvalue weighted by molar-refractivity contribution is -0.139. The van der Waals surface area contributed by atoms with Crippen molar-refractivity contribution >= 4 is 0 Å². The summed E-state index contributed by atoms with van der Waals surface area (Å²) in [6.07, 6.45) is 5.45. The van der Waals surface area contributed by atoms with E-state index in [1.807, 2.05) is 36.4 Å². The van der Waals surface area contributed by atoms with Crippen LogP contribution in [0.4, 0.5) is 0 Å². The highest BCUT2D eigenvalue weighted by molar-refractivity contribution is 5.21. The van der Waals surface area contributed by atoms with Crippen molar-refractivity contribution in [2.75, 3.05) is 19.8 Å². The normalized spacial score (nSPS) is 36.8. The molecule has 5 atom stereocenters. The molecule has 0 bridgehead atoms. The van der Waals surface area contributed by atoms with Gasteiger partial charge in [0.15, 0.2) is 6.29 Å². The SMILES string of the molecule is CC1CC2OC(O)CC2C1/C=C/C1(COc2ccccc2)OCCO1. The summed E-state index contributed by atoms with van der Waals surface area (Å²) >= 11 is 0. The summed E-state index contributed by atoms with van der Waals surface area (Å²) in [5.74, 6) is 1.23. The third kappa shape index (κ3) is 3.60. The Bertz CT molecular complexity index is 595. The molecule has 5 heteroatoms. The van der Waals surface area contributed by atoms with Crippen LogP contribution >= 0.6 is 0 Å². The lowest BCUT2D eigenvalue weighted by Gasteiger charge is -2.25. The van der Waals surface area contributed by atoms with Crippen molar-refractivity contribution in [2.45, 2.75) is 37.9 Å². The van der Waals surface area contributed by atoms with Gasteiger partial charge in [0.1, 0.15) is 12.4 Å². The van der Waals surface area contributed by atoms with E-state index in [2.05, 4.69) is 13.0 Å². The molecule has 136 valence electrons. The Labute approximate surface area is 148 Å². The van der Waals surface area contributed by atoms with E-state index in [4.69, 9.17) is 18.9 Å². The molecule has 2 heterocycles. The molecule has 3 fully saturated rings. The highest BCUT2D eigenvalue weighted by Gasteiger charge is 2.47. The number of aliphatic hydroxyl groups excluding tert-OH is 1. The first-order valence-electron chi connectivity index (χ1n) is 9.14. The van der Waals surface area contributed by atoms with Crippen LogP contribution in [0.2, 0.25) is 0 Å². The standard InChI is InChI=1S/C20H26O5/c1-14-11-18-17(12-19(21)25-18)16(14)7-8-20(23-9-10-24-20)13-22-15-5-3-2-4-6-15/h2-8,14,16-19,21H,9-13H2,1H3/b8-7+. The van der Waals surface area contributed by atoms with E-state index in [0.29, 0.717) is 44.0 Å². The van der Waals surface area contributed by atoms with Crippen molar-refractivity contribution in [3.05, 3.63) is 42.5 Å². The Kier molecular flexibility index (Phi) is 4.82. The molecule has 5 unspecified atom stereocenters. The summed E-state index contributed by atoms with van der Waals surface area (Å²) in [7, 11) is 0. The number of ether oxygens (including phenoxy) is 4. The molecule has 1 aromatic rings. The zero-order valence-corrected chi connectivity index (χ0v) is 14.5. The van der Waals surface area contributed by atoms with Gasteiger partial charge in [0, 0.05) is 6.42 Å². The number of hydrogen-bond donors (Lipinski definition) is 1. The maximum Gasteiger partial charge on any atom is 0.223 e. The summed E-state index contributed by atoms with van der Waals surface area (Å²) in [5.41, 5.74) is 0. The van der Waals surface area contributed by atoms with Gasteiger partial charge >= 0.3 is 0 Å². The van der Waals surface area contributed by atoms with Crippen molar-refractivity contribution in [1.29, 1.82) is 0 Å². The zero-order valence-electron chi connectivity index (χ0n) is 14.5. The van der Waals surface area contributed by atoms with Crippen molar-refractivity contribution in [2.24, 2.45) is 17.8 Å². The lowest BCUT2D eigenvalue weighted by atomic mass is 9.87. The summed E-state index contributed by atoms with van der Waals surface area (Å²) in [5, 5.41) is 9.76. The predicted octanol–water partition coefficient (Wildman–Crippen LogP) is 2.74. The Morgan fingerprint density at radius 1 is 1.20 bits per heavy atom. The van der Waals surface area contributed by atoms with Crippen LogP contribution in [0.3, 0.4) is 0 Å². The maximum atomic E-state index is 9.76. The van der Waals surface area contributed by atoms with Gasteiger partial charge in [0.2, 0.25) is 5.79 Å². The van der Waals surface area contributed by atoms with Crippen LogP contribution in [-0.4, -0.2) is 43.1 Å². The van der Waals surface area contributed by atoms with E-state index >= 15 is 0 Å². The van der Waals surface area contributed by atoms with Gasteiger partial charge in [-0.15, -0.1) is 0 Å². The van der Waals surface area contributed by atoms with Crippen LogP contribution in [-0.2, 0) is 14.2 Å². The summed E-state index contributed by atoms with van der Waals surface area (Å²) in [6, 6.07) is 9.70. The number of fused-ring (bicyclic) bond motifs is 1. The van der Waals surface area contributed by atoms with Gasteiger partial charge in [-0.25, -0.2) is 0 Å². The number of benzene rings is 1. The third-order valence-corrected chi connectivity index (χ3v) is 5.57. The first-order chi connectivity index (χ1) is 12.2. The van der Waals surface area contributed by atoms with Crippen molar-refractivity contribution in [3.63, 3.8) is 0 Å². The Morgan fingerprint density at radius 2 is 1.96 bits per heavy atom. The Balaban J connectivity index is 1.45. The van der Waals surface area contributed by atoms with Crippen molar-refractivity contribution in [3.8, 4) is 5.75 Å². The first kappa shape index (κ1) is 17.0. The maximum absolute atomic E-state index is 9.76. The van der Waals surface area contributed by atoms with Gasteiger partial charge in [-0.1, -0.05) is 31.2 Å². The molecule has 1 saturated carbocycles. The number of rotatable bonds is 5. The van der Waals surface area contributed by atoms with Gasteiger partial charge in [-0.05, 0) is 42.4 Å². The van der Waals surface area contributed by atoms with Crippen molar-refractivity contribution in [1.82, 2.24) is 0 Å². The molecule has 3 aliphatic rings. The minimum absolute atomic E-state index is 0.168. The lowest BCUT2D eigenvalue weighted by Crippen LogP contribution is -2.35. The van der Waals surface area contributed by atoms with Crippen molar-refractivity contribution < 1.29 is 24.1 Å². The molecule has 0 spiro atoms. The summed E-state index contributed by atoms with van der Waals surface area (Å²) in [6.45, 7) is 3.70. The summed E-state index contributed by atoms with van der Waals surface area (Å²) in [4.78, 5) is 0. The van der Waals surface area contributed by atoms with Gasteiger partial charge in [0.25, 0.3) is 0 Å². The van der Waals surface area contributed by atoms with Gasteiger partial charge in [-0.3, -0.25) is 0 Å². The molecule has 1 N–H and O–H groups in total. The fourth-order valence-corrected chi connectivity index (χ4v) is 4.31. The molecule has 2 saturated heterocycles. The average Bonchev–Trinajstić information content (AvgIpc) is 3.28. The molecule has 1 aliphatic carbocycles. The number of para-hydroxylation sites is 1. The number of hydrogen-bond acceptors (Lipinski definition) is 5. The molecule has 0 aromatic heterocycles. The van der Waals surface area contributed by atoms with Crippen LogP contribution in [0.15, 0.2) is 42.5 Å². The molecular formula is C20H26O5. The number of aliphatic hydroxyl groups is 1. The van der Waals surface area contributed by atoms with Gasteiger partial charge in [-0.2, -0.15) is 0 Å². The van der Waals surface area contributed by atoms with E-state index in [9.17, 15) is 5.11 Å². The molecule has 4 rings (SSSR count). The molecule has 1 aromatic carbocycles. The molecule has 0 amide bonds. The van der Waals surface area contributed by atoms with Crippen LogP contribution in [0.1, 0.15) is 19.8 Å². The van der Waals surface area contributed by atoms with Crippen LogP contribution in [0.5, 0.6) is 5.75 Å². The third-order valence-electron chi connectivity index (χ3n) is 5.57. The van der Waals surface area contributed by atoms with E-state index in [1.165, 1.54) is 0 Å². The summed E-state index contributed by atoms with van der Waals surface area (Å²) < 4.78 is 23.2. The second kappa shape index (κ2) is 7.08.